The van der Waals surface area contributed by atoms with Gasteiger partial charge in [0.25, 0.3) is 0 Å². The maximum absolute atomic E-state index is 12.7. The highest BCUT2D eigenvalue weighted by atomic mass is 16.2. The second kappa shape index (κ2) is 9.25. The van der Waals surface area contributed by atoms with Crippen LogP contribution in [0.4, 0.5) is 0 Å². The van der Waals surface area contributed by atoms with Gasteiger partial charge in [0.1, 0.15) is 0 Å². The van der Waals surface area contributed by atoms with Crippen molar-refractivity contribution in [3.63, 3.8) is 0 Å². The highest BCUT2D eigenvalue weighted by Crippen LogP contribution is 2.30. The molecular formula is C25H30N2O2. The van der Waals surface area contributed by atoms with Crippen LogP contribution in [0.25, 0.3) is 0 Å². The largest absolute Gasteiger partial charge is 0.356 e. The third-order valence-electron chi connectivity index (χ3n) is 6.43. The maximum Gasteiger partial charge on any atom is 0.225 e. The monoisotopic (exact) mass is 390 g/mol. The molecule has 2 fully saturated rings. The van der Waals surface area contributed by atoms with Gasteiger partial charge in [0, 0.05) is 31.5 Å². The predicted octanol–water partition coefficient (Wildman–Crippen LogP) is 4.12. The molecule has 2 aliphatic rings. The molecule has 0 aromatic heterocycles. The second-order valence-electron chi connectivity index (χ2n) is 8.34. The molecule has 0 unspecified atom stereocenters. The van der Waals surface area contributed by atoms with E-state index in [4.69, 9.17) is 0 Å². The van der Waals surface area contributed by atoms with Crippen LogP contribution < -0.4 is 5.32 Å². The van der Waals surface area contributed by atoms with E-state index in [1.54, 1.807) is 0 Å². The summed E-state index contributed by atoms with van der Waals surface area (Å²) in [4.78, 5) is 27.1. The molecule has 1 aliphatic carbocycles. The van der Waals surface area contributed by atoms with E-state index < -0.39 is 0 Å². The minimum Gasteiger partial charge on any atom is -0.356 e. The van der Waals surface area contributed by atoms with Crippen molar-refractivity contribution in [3.8, 4) is 0 Å². The number of carbonyl (C=O) groups excluding carboxylic acids is 2. The summed E-state index contributed by atoms with van der Waals surface area (Å²) in [5.74, 6) is 0.232. The maximum atomic E-state index is 12.7. The molecule has 2 amide bonds. The van der Waals surface area contributed by atoms with Gasteiger partial charge in [-0.25, -0.2) is 0 Å². The Bertz CT molecular complexity index is 776. The van der Waals surface area contributed by atoms with Gasteiger partial charge in [0.15, 0.2) is 0 Å². The van der Waals surface area contributed by atoms with E-state index in [0.29, 0.717) is 25.6 Å². The SMILES string of the molecule is O=C(NCCC(c1ccccc1)c1ccccc1)[C@H]1CC(=O)N(C2CCCC2)C1. The Morgan fingerprint density at radius 3 is 2.14 bits per heavy atom. The molecule has 1 aliphatic heterocycles. The number of amides is 2. The highest BCUT2D eigenvalue weighted by molar-refractivity contribution is 5.89. The number of hydrogen-bond donors (Lipinski definition) is 1. The van der Waals surface area contributed by atoms with Crippen LogP contribution in [-0.2, 0) is 9.59 Å². The number of benzene rings is 2. The molecule has 29 heavy (non-hydrogen) atoms. The topological polar surface area (TPSA) is 49.4 Å². The van der Waals surface area contributed by atoms with Crippen molar-refractivity contribution < 1.29 is 9.59 Å². The van der Waals surface area contributed by atoms with Gasteiger partial charge in [0.05, 0.1) is 5.92 Å². The summed E-state index contributed by atoms with van der Waals surface area (Å²) in [6.07, 6.45) is 5.79. The summed E-state index contributed by atoms with van der Waals surface area (Å²) in [6.45, 7) is 1.21. The average molecular weight is 391 g/mol. The van der Waals surface area contributed by atoms with Crippen molar-refractivity contribution in [1.82, 2.24) is 10.2 Å². The zero-order valence-corrected chi connectivity index (χ0v) is 16.9. The molecule has 1 saturated carbocycles. The van der Waals surface area contributed by atoms with Gasteiger partial charge >= 0.3 is 0 Å². The first kappa shape index (κ1) is 19.7. The van der Waals surface area contributed by atoms with Crippen molar-refractivity contribution in [1.29, 1.82) is 0 Å². The molecule has 0 spiro atoms. The lowest BCUT2D eigenvalue weighted by Crippen LogP contribution is -2.37. The fourth-order valence-corrected chi connectivity index (χ4v) is 4.86. The number of carbonyl (C=O) groups is 2. The number of nitrogens with one attached hydrogen (secondary N) is 1. The van der Waals surface area contributed by atoms with Gasteiger partial charge in [-0.05, 0) is 30.4 Å². The van der Waals surface area contributed by atoms with Crippen molar-refractivity contribution in [2.75, 3.05) is 13.1 Å². The summed E-state index contributed by atoms with van der Waals surface area (Å²) < 4.78 is 0. The molecular weight excluding hydrogens is 360 g/mol. The van der Waals surface area contributed by atoms with Gasteiger partial charge in [-0.2, -0.15) is 0 Å². The Morgan fingerprint density at radius 2 is 1.55 bits per heavy atom. The summed E-state index contributed by atoms with van der Waals surface area (Å²) in [5.41, 5.74) is 2.52. The van der Waals surface area contributed by atoms with E-state index in [1.165, 1.54) is 24.0 Å². The number of nitrogens with zero attached hydrogens (tertiary/aromatic N) is 1. The number of hydrogen-bond acceptors (Lipinski definition) is 2. The third kappa shape index (κ3) is 4.69. The van der Waals surface area contributed by atoms with Gasteiger partial charge in [-0.3, -0.25) is 9.59 Å². The lowest BCUT2D eigenvalue weighted by atomic mass is 9.88. The van der Waals surface area contributed by atoms with Gasteiger partial charge in [-0.15, -0.1) is 0 Å². The summed E-state index contributed by atoms with van der Waals surface area (Å²) >= 11 is 0. The Morgan fingerprint density at radius 1 is 0.966 bits per heavy atom. The van der Waals surface area contributed by atoms with E-state index in [2.05, 4.69) is 53.8 Å². The summed E-state index contributed by atoms with van der Waals surface area (Å²) in [7, 11) is 0. The van der Waals surface area contributed by atoms with Crippen molar-refractivity contribution in [2.24, 2.45) is 5.92 Å². The van der Waals surface area contributed by atoms with E-state index in [0.717, 1.165) is 19.3 Å². The quantitative estimate of drug-likeness (QED) is 0.773. The Balaban J connectivity index is 1.34. The van der Waals surface area contributed by atoms with E-state index in [1.807, 2.05) is 17.0 Å². The standard InChI is InChI=1S/C25H30N2O2/c28-24-17-21(18-27(24)22-13-7-8-14-22)25(29)26-16-15-23(19-9-3-1-4-10-19)20-11-5-2-6-12-20/h1-6,9-12,21-23H,7-8,13-18H2,(H,26,29)/t21-/m0/s1. The first-order valence-electron chi connectivity index (χ1n) is 10.9. The Labute approximate surface area is 173 Å². The molecule has 1 N–H and O–H groups in total. The molecule has 1 heterocycles. The zero-order chi connectivity index (χ0) is 20.1. The lowest BCUT2D eigenvalue weighted by molar-refractivity contribution is -0.130. The molecule has 2 aromatic carbocycles. The fourth-order valence-electron chi connectivity index (χ4n) is 4.86. The van der Waals surface area contributed by atoms with Crippen LogP contribution in [0.2, 0.25) is 0 Å². The van der Waals surface area contributed by atoms with E-state index in [-0.39, 0.29) is 23.7 Å². The average Bonchev–Trinajstić information content (AvgIpc) is 3.42. The van der Waals surface area contributed by atoms with Crippen molar-refractivity contribution in [2.45, 2.75) is 50.5 Å². The first-order valence-corrected chi connectivity index (χ1v) is 10.9. The van der Waals surface area contributed by atoms with Crippen LogP contribution in [0.1, 0.15) is 55.6 Å². The molecule has 0 radical (unpaired) electrons. The van der Waals surface area contributed by atoms with Crippen LogP contribution in [0.5, 0.6) is 0 Å². The van der Waals surface area contributed by atoms with E-state index in [9.17, 15) is 9.59 Å². The molecule has 2 aromatic rings. The van der Waals surface area contributed by atoms with Crippen LogP contribution >= 0.6 is 0 Å². The molecule has 1 atom stereocenters. The summed E-state index contributed by atoms with van der Waals surface area (Å²) in [6, 6.07) is 21.3. The number of likely N-dealkylation sites (tertiary alicyclic amines) is 1. The van der Waals surface area contributed by atoms with Crippen LogP contribution in [0.15, 0.2) is 60.7 Å². The first-order chi connectivity index (χ1) is 14.2. The zero-order valence-electron chi connectivity index (χ0n) is 16.9. The molecule has 152 valence electrons. The Kier molecular flexibility index (Phi) is 6.28. The molecule has 4 rings (SSSR count). The third-order valence-corrected chi connectivity index (χ3v) is 6.43. The molecule has 1 saturated heterocycles. The van der Waals surface area contributed by atoms with E-state index >= 15 is 0 Å². The Hall–Kier alpha value is -2.62. The second-order valence-corrected chi connectivity index (χ2v) is 8.34. The summed E-state index contributed by atoms with van der Waals surface area (Å²) in [5, 5.41) is 3.11. The minimum atomic E-state index is -0.199. The number of rotatable bonds is 7. The normalized spacial score (nSPS) is 19.8. The van der Waals surface area contributed by atoms with Crippen molar-refractivity contribution in [3.05, 3.63) is 71.8 Å². The van der Waals surface area contributed by atoms with Crippen molar-refractivity contribution >= 4 is 11.8 Å². The molecule has 4 nitrogen and oxygen atoms in total. The van der Waals surface area contributed by atoms with Gasteiger partial charge in [-0.1, -0.05) is 73.5 Å². The van der Waals surface area contributed by atoms with Crippen LogP contribution in [-0.4, -0.2) is 35.8 Å². The molecule has 0 bridgehead atoms. The minimum absolute atomic E-state index is 0.0266. The fraction of sp³-hybridized carbons (Fsp3) is 0.440. The lowest BCUT2D eigenvalue weighted by Gasteiger charge is -2.24. The molecule has 4 heteroatoms. The van der Waals surface area contributed by atoms with Crippen LogP contribution in [0, 0.1) is 5.92 Å². The van der Waals surface area contributed by atoms with Crippen LogP contribution in [0.3, 0.4) is 0 Å². The van der Waals surface area contributed by atoms with Gasteiger partial charge < -0.3 is 10.2 Å². The van der Waals surface area contributed by atoms with Gasteiger partial charge in [0.2, 0.25) is 11.8 Å². The highest BCUT2D eigenvalue weighted by Gasteiger charge is 2.38. The predicted molar refractivity (Wildman–Crippen MR) is 114 cm³/mol. The smallest absolute Gasteiger partial charge is 0.225 e.